The van der Waals surface area contributed by atoms with E-state index >= 15 is 0 Å². The maximum Gasteiger partial charge on any atom is 0.244 e. The van der Waals surface area contributed by atoms with Crippen LogP contribution in [0.3, 0.4) is 0 Å². The van der Waals surface area contributed by atoms with Gasteiger partial charge in [-0.15, -0.1) is 0 Å². The highest BCUT2D eigenvalue weighted by Gasteiger charge is 2.32. The number of hydrogen-bond acceptors (Lipinski definition) is 6. The van der Waals surface area contributed by atoms with Gasteiger partial charge in [0.05, 0.1) is 23.0 Å². The predicted molar refractivity (Wildman–Crippen MR) is 111 cm³/mol. The molecule has 1 aliphatic carbocycles. The number of nitrogens with zero attached hydrogens (tertiary/aromatic N) is 2. The van der Waals surface area contributed by atoms with Crippen LogP contribution >= 0.6 is 11.3 Å². The number of methoxy groups -OCH3 is 1. The fourth-order valence-electron chi connectivity index (χ4n) is 3.70. The van der Waals surface area contributed by atoms with Crippen LogP contribution in [0.15, 0.2) is 24.3 Å². The van der Waals surface area contributed by atoms with Gasteiger partial charge >= 0.3 is 0 Å². The smallest absolute Gasteiger partial charge is 0.244 e. The van der Waals surface area contributed by atoms with Crippen molar-refractivity contribution < 1.29 is 23.4 Å². The largest absolute Gasteiger partial charge is 0.479 e. The molecular weight excluding hydrogens is 412 g/mol. The molecular formula is C21H21F2N3O3S. The van der Waals surface area contributed by atoms with Gasteiger partial charge in [0, 0.05) is 5.92 Å². The van der Waals surface area contributed by atoms with Gasteiger partial charge in [0.15, 0.2) is 5.13 Å². The van der Waals surface area contributed by atoms with Crippen molar-refractivity contribution in [3.05, 3.63) is 36.0 Å². The number of ether oxygens (including phenoxy) is 1. The number of benzene rings is 1. The van der Waals surface area contributed by atoms with Crippen molar-refractivity contribution in [2.45, 2.75) is 38.2 Å². The van der Waals surface area contributed by atoms with Crippen molar-refractivity contribution in [1.29, 1.82) is 0 Å². The molecule has 0 unspecified atom stereocenters. The molecule has 0 aliphatic heterocycles. The molecule has 3 aromatic rings. The maximum atomic E-state index is 14.8. The van der Waals surface area contributed by atoms with E-state index < -0.39 is 17.4 Å². The van der Waals surface area contributed by atoms with Crippen molar-refractivity contribution in [2.75, 3.05) is 12.4 Å². The Morgan fingerprint density at radius 2 is 1.90 bits per heavy atom. The van der Waals surface area contributed by atoms with E-state index in [0.717, 1.165) is 11.3 Å². The molecule has 1 saturated carbocycles. The third-order valence-electron chi connectivity index (χ3n) is 5.45. The van der Waals surface area contributed by atoms with Crippen molar-refractivity contribution in [1.82, 2.24) is 9.97 Å². The van der Waals surface area contributed by atoms with E-state index in [4.69, 9.17) is 4.74 Å². The fourth-order valence-corrected chi connectivity index (χ4v) is 4.71. The van der Waals surface area contributed by atoms with E-state index in [1.54, 1.807) is 6.92 Å². The number of fused-ring (bicyclic) bond motifs is 1. The normalized spacial score (nSPS) is 21.6. The number of nitrogens with one attached hydrogen (secondary N) is 1. The van der Waals surface area contributed by atoms with Crippen molar-refractivity contribution in [3.8, 4) is 17.0 Å². The van der Waals surface area contributed by atoms with Gasteiger partial charge in [0.2, 0.25) is 17.7 Å². The van der Waals surface area contributed by atoms with Crippen LogP contribution in [0.1, 0.15) is 32.6 Å². The summed E-state index contributed by atoms with van der Waals surface area (Å²) in [5.41, 5.74) is 0.223. The molecule has 0 bridgehead atoms. The molecule has 30 heavy (non-hydrogen) atoms. The number of hydrogen-bond donors (Lipinski definition) is 2. The Morgan fingerprint density at radius 1 is 1.23 bits per heavy atom. The van der Waals surface area contributed by atoms with E-state index in [0.29, 0.717) is 46.6 Å². The molecule has 2 aromatic heterocycles. The number of halogens is 2. The Hall–Kier alpha value is -2.65. The van der Waals surface area contributed by atoms with Crippen LogP contribution in [0.5, 0.6) is 5.88 Å². The molecule has 1 amide bonds. The highest BCUT2D eigenvalue weighted by atomic mass is 32.1. The first-order valence-corrected chi connectivity index (χ1v) is 10.4. The SMILES string of the molecule is COc1nc(F)c(-c2ccc(F)cc2)c2sc(NC(=O)C3CCC(C)(O)CC3)nc12. The Balaban J connectivity index is 1.68. The van der Waals surface area contributed by atoms with E-state index in [-0.39, 0.29) is 23.3 Å². The molecule has 158 valence electrons. The Kier molecular flexibility index (Phi) is 5.42. The molecule has 1 aromatic carbocycles. The second-order valence-corrected chi connectivity index (χ2v) is 8.75. The second kappa shape index (κ2) is 7.88. The summed E-state index contributed by atoms with van der Waals surface area (Å²) in [5, 5.41) is 13.2. The molecule has 1 fully saturated rings. The Labute approximate surface area is 175 Å². The summed E-state index contributed by atoms with van der Waals surface area (Å²) in [7, 11) is 1.37. The lowest BCUT2D eigenvalue weighted by Gasteiger charge is -2.32. The zero-order chi connectivity index (χ0) is 21.5. The van der Waals surface area contributed by atoms with Crippen LogP contribution in [0.25, 0.3) is 21.3 Å². The number of rotatable bonds is 4. The molecule has 6 nitrogen and oxygen atoms in total. The summed E-state index contributed by atoms with van der Waals surface area (Å²) in [5.74, 6) is -1.58. The molecule has 0 spiro atoms. The first kappa shape index (κ1) is 20.6. The van der Waals surface area contributed by atoms with Gasteiger partial charge in [0.1, 0.15) is 11.3 Å². The van der Waals surface area contributed by atoms with Gasteiger partial charge in [-0.1, -0.05) is 23.5 Å². The first-order chi connectivity index (χ1) is 14.3. The number of amides is 1. The van der Waals surface area contributed by atoms with Crippen LogP contribution < -0.4 is 10.1 Å². The standard InChI is InChI=1S/C21H21F2N3O3S/c1-21(28)9-7-12(8-10-21)18(27)26-20-24-15-16(30-20)14(17(23)25-19(15)29-2)11-3-5-13(22)6-4-11/h3-6,12,28H,7-10H2,1-2H3,(H,24,26,27). The van der Waals surface area contributed by atoms with Gasteiger partial charge in [-0.05, 0) is 50.3 Å². The summed E-state index contributed by atoms with van der Waals surface area (Å²) < 4.78 is 33.7. The van der Waals surface area contributed by atoms with Crippen LogP contribution in [0, 0.1) is 17.7 Å². The second-order valence-electron chi connectivity index (χ2n) is 7.75. The van der Waals surface area contributed by atoms with Crippen LogP contribution in [-0.2, 0) is 4.79 Å². The summed E-state index contributed by atoms with van der Waals surface area (Å²) in [6.07, 6.45) is 2.29. The average molecular weight is 433 g/mol. The number of carbonyl (C=O) groups excluding carboxylic acids is 1. The summed E-state index contributed by atoms with van der Waals surface area (Å²) in [4.78, 5) is 20.9. The predicted octanol–water partition coefficient (Wildman–Crippen LogP) is 4.52. The van der Waals surface area contributed by atoms with Gasteiger partial charge in [0.25, 0.3) is 0 Å². The average Bonchev–Trinajstić information content (AvgIpc) is 3.11. The van der Waals surface area contributed by atoms with Crippen LogP contribution in [-0.4, -0.2) is 33.7 Å². The van der Waals surface area contributed by atoms with E-state index in [9.17, 15) is 18.7 Å². The topological polar surface area (TPSA) is 84.3 Å². The third-order valence-corrected chi connectivity index (χ3v) is 6.44. The Morgan fingerprint density at radius 3 is 2.53 bits per heavy atom. The van der Waals surface area contributed by atoms with Crippen molar-refractivity contribution >= 4 is 32.6 Å². The lowest BCUT2D eigenvalue weighted by Crippen LogP contribution is -2.35. The van der Waals surface area contributed by atoms with E-state index in [2.05, 4.69) is 15.3 Å². The Bertz CT molecular complexity index is 1090. The molecule has 9 heteroatoms. The molecule has 2 N–H and O–H groups in total. The minimum Gasteiger partial charge on any atom is -0.479 e. The number of aliphatic hydroxyl groups is 1. The first-order valence-electron chi connectivity index (χ1n) is 9.60. The van der Waals surface area contributed by atoms with Gasteiger partial charge < -0.3 is 15.2 Å². The van der Waals surface area contributed by atoms with Crippen molar-refractivity contribution in [3.63, 3.8) is 0 Å². The number of aromatic nitrogens is 2. The van der Waals surface area contributed by atoms with Gasteiger partial charge in [-0.3, -0.25) is 4.79 Å². The minimum atomic E-state index is -0.762. The fraction of sp³-hybridized carbons (Fsp3) is 0.381. The molecule has 0 radical (unpaired) electrons. The summed E-state index contributed by atoms with van der Waals surface area (Å²) in [6, 6.07) is 5.42. The number of thiazole rings is 1. The molecule has 1 aliphatic rings. The molecule has 4 rings (SSSR count). The lowest BCUT2D eigenvalue weighted by atomic mass is 9.79. The number of carbonyl (C=O) groups is 1. The highest BCUT2D eigenvalue weighted by Crippen LogP contribution is 2.40. The molecule has 0 saturated heterocycles. The molecule has 0 atom stereocenters. The quantitative estimate of drug-likeness (QED) is 0.591. The monoisotopic (exact) mass is 433 g/mol. The molecule has 2 heterocycles. The van der Waals surface area contributed by atoms with E-state index in [1.807, 2.05) is 0 Å². The van der Waals surface area contributed by atoms with Gasteiger partial charge in [-0.2, -0.15) is 9.37 Å². The zero-order valence-electron chi connectivity index (χ0n) is 16.5. The van der Waals surface area contributed by atoms with E-state index in [1.165, 1.54) is 31.4 Å². The lowest BCUT2D eigenvalue weighted by molar-refractivity contribution is -0.122. The maximum absolute atomic E-state index is 14.8. The zero-order valence-corrected chi connectivity index (χ0v) is 17.4. The van der Waals surface area contributed by atoms with Crippen molar-refractivity contribution in [2.24, 2.45) is 5.92 Å². The summed E-state index contributed by atoms with van der Waals surface area (Å²) in [6.45, 7) is 1.78. The van der Waals surface area contributed by atoms with Crippen LogP contribution in [0.2, 0.25) is 0 Å². The highest BCUT2D eigenvalue weighted by molar-refractivity contribution is 7.23. The number of pyridine rings is 1. The van der Waals surface area contributed by atoms with Crippen LogP contribution in [0.4, 0.5) is 13.9 Å². The summed E-state index contributed by atoms with van der Waals surface area (Å²) >= 11 is 1.11. The van der Waals surface area contributed by atoms with Gasteiger partial charge in [-0.25, -0.2) is 9.37 Å². The number of anilines is 1. The third kappa shape index (κ3) is 3.99. The minimum absolute atomic E-state index is 0.0128.